The van der Waals surface area contributed by atoms with Crippen LogP contribution in [0.2, 0.25) is 10.0 Å². The van der Waals surface area contributed by atoms with Gasteiger partial charge in [0.05, 0.1) is 28.3 Å². The highest BCUT2D eigenvalue weighted by atomic mass is 35.5. The molecule has 30 heavy (non-hydrogen) atoms. The van der Waals surface area contributed by atoms with E-state index in [2.05, 4.69) is 20.6 Å². The highest BCUT2D eigenvalue weighted by molar-refractivity contribution is 6.42. The van der Waals surface area contributed by atoms with Gasteiger partial charge in [0.2, 0.25) is 5.95 Å². The Kier molecular flexibility index (Phi) is 6.61. The van der Waals surface area contributed by atoms with Crippen LogP contribution in [0.4, 0.5) is 10.7 Å². The Morgan fingerprint density at radius 1 is 1.27 bits per heavy atom. The number of ether oxygens (including phenoxy) is 1. The molecule has 160 valence electrons. The van der Waals surface area contributed by atoms with E-state index in [4.69, 9.17) is 27.9 Å². The first kappa shape index (κ1) is 21.2. The predicted octanol–water partition coefficient (Wildman–Crippen LogP) is 4.20. The van der Waals surface area contributed by atoms with E-state index >= 15 is 0 Å². The first-order valence-electron chi connectivity index (χ1n) is 10.2. The van der Waals surface area contributed by atoms with Crippen LogP contribution in [0.25, 0.3) is 0 Å². The van der Waals surface area contributed by atoms with Crippen molar-refractivity contribution in [2.24, 2.45) is 0 Å². The maximum atomic E-state index is 12.8. The molecule has 0 aliphatic carbocycles. The number of aromatic nitrogens is 2. The van der Waals surface area contributed by atoms with E-state index in [-0.39, 0.29) is 12.1 Å². The standard InChI is InChI=1S/C21H25Cl2N5O2/c1-13(14-2-3-17(22)18(23)10-14)25-21(29)28-7-4-15-11-24-20(27-19(15)12-28)26-16-5-8-30-9-6-16/h2-3,10-11,13,16H,4-9,12H2,1H3,(H,25,29)(H,24,26,27). The summed E-state index contributed by atoms with van der Waals surface area (Å²) in [5, 5.41) is 7.40. The van der Waals surface area contributed by atoms with Gasteiger partial charge in [0.15, 0.2) is 0 Å². The maximum absolute atomic E-state index is 12.8. The minimum Gasteiger partial charge on any atom is -0.381 e. The lowest BCUT2D eigenvalue weighted by Crippen LogP contribution is -2.44. The summed E-state index contributed by atoms with van der Waals surface area (Å²) in [5.74, 6) is 0.618. The van der Waals surface area contributed by atoms with Crippen molar-refractivity contribution in [1.82, 2.24) is 20.2 Å². The Balaban J connectivity index is 1.39. The number of urea groups is 1. The van der Waals surface area contributed by atoms with Crippen LogP contribution in [-0.2, 0) is 17.7 Å². The second-order valence-electron chi connectivity index (χ2n) is 7.71. The molecule has 2 aliphatic heterocycles. The van der Waals surface area contributed by atoms with Crippen LogP contribution in [-0.4, -0.2) is 46.7 Å². The monoisotopic (exact) mass is 449 g/mol. The summed E-state index contributed by atoms with van der Waals surface area (Å²) in [5.41, 5.74) is 2.89. The van der Waals surface area contributed by atoms with E-state index in [0.29, 0.717) is 35.1 Å². The maximum Gasteiger partial charge on any atom is 0.318 e. The smallest absolute Gasteiger partial charge is 0.318 e. The minimum absolute atomic E-state index is 0.128. The molecule has 0 bridgehead atoms. The minimum atomic E-state index is -0.190. The molecule has 2 aliphatic rings. The summed E-state index contributed by atoms with van der Waals surface area (Å²) in [7, 11) is 0. The third-order valence-corrected chi connectivity index (χ3v) is 6.31. The Morgan fingerprint density at radius 3 is 2.83 bits per heavy atom. The van der Waals surface area contributed by atoms with Crippen molar-refractivity contribution in [2.45, 2.75) is 44.8 Å². The Morgan fingerprint density at radius 2 is 2.07 bits per heavy atom. The van der Waals surface area contributed by atoms with Gasteiger partial charge in [-0.2, -0.15) is 0 Å². The van der Waals surface area contributed by atoms with Crippen LogP contribution in [0.15, 0.2) is 24.4 Å². The van der Waals surface area contributed by atoms with Gasteiger partial charge in [-0.25, -0.2) is 14.8 Å². The molecular weight excluding hydrogens is 425 g/mol. The van der Waals surface area contributed by atoms with Crippen molar-refractivity contribution in [3.63, 3.8) is 0 Å². The number of anilines is 1. The van der Waals surface area contributed by atoms with E-state index in [9.17, 15) is 4.79 Å². The van der Waals surface area contributed by atoms with Gasteiger partial charge in [-0.05, 0) is 49.4 Å². The molecule has 4 rings (SSSR count). The summed E-state index contributed by atoms with van der Waals surface area (Å²) >= 11 is 12.1. The molecular formula is C21H25Cl2N5O2. The van der Waals surface area contributed by atoms with Crippen molar-refractivity contribution < 1.29 is 9.53 Å². The average molecular weight is 450 g/mol. The molecule has 1 aromatic carbocycles. The second-order valence-corrected chi connectivity index (χ2v) is 8.53. The van der Waals surface area contributed by atoms with Crippen molar-refractivity contribution in [2.75, 3.05) is 25.1 Å². The quantitative estimate of drug-likeness (QED) is 0.730. The molecule has 2 aromatic rings. The first-order valence-corrected chi connectivity index (χ1v) is 10.9. The molecule has 1 atom stereocenters. The van der Waals surface area contributed by atoms with Gasteiger partial charge in [0.1, 0.15) is 0 Å². The van der Waals surface area contributed by atoms with Crippen molar-refractivity contribution >= 4 is 35.2 Å². The van der Waals surface area contributed by atoms with E-state index in [1.165, 1.54) is 0 Å². The number of carbonyl (C=O) groups is 1. The molecule has 1 saturated heterocycles. The van der Waals surface area contributed by atoms with Crippen LogP contribution < -0.4 is 10.6 Å². The number of nitrogens with one attached hydrogen (secondary N) is 2. The topological polar surface area (TPSA) is 79.4 Å². The van der Waals surface area contributed by atoms with E-state index in [0.717, 1.165) is 49.3 Å². The number of amides is 2. The van der Waals surface area contributed by atoms with Crippen LogP contribution in [0.5, 0.6) is 0 Å². The van der Waals surface area contributed by atoms with Gasteiger partial charge >= 0.3 is 6.03 Å². The molecule has 3 heterocycles. The highest BCUT2D eigenvalue weighted by Crippen LogP contribution is 2.26. The van der Waals surface area contributed by atoms with Gasteiger partial charge in [-0.1, -0.05) is 29.3 Å². The highest BCUT2D eigenvalue weighted by Gasteiger charge is 2.24. The molecule has 1 unspecified atom stereocenters. The molecule has 7 nitrogen and oxygen atoms in total. The van der Waals surface area contributed by atoms with Gasteiger partial charge < -0.3 is 20.3 Å². The fourth-order valence-corrected chi connectivity index (χ4v) is 4.02. The number of benzene rings is 1. The van der Waals surface area contributed by atoms with Crippen molar-refractivity contribution in [1.29, 1.82) is 0 Å². The second kappa shape index (κ2) is 9.37. The Bertz CT molecular complexity index is 920. The lowest BCUT2D eigenvalue weighted by Gasteiger charge is -2.30. The molecule has 2 amide bonds. The zero-order chi connectivity index (χ0) is 21.1. The molecule has 1 aromatic heterocycles. The van der Waals surface area contributed by atoms with Crippen LogP contribution in [0.1, 0.15) is 42.6 Å². The lowest BCUT2D eigenvalue weighted by molar-refractivity contribution is 0.0903. The van der Waals surface area contributed by atoms with Crippen LogP contribution in [0.3, 0.4) is 0 Å². The molecule has 1 fully saturated rings. The number of hydrogen-bond donors (Lipinski definition) is 2. The number of halogens is 2. The summed E-state index contributed by atoms with van der Waals surface area (Å²) in [6.45, 7) is 4.53. The van der Waals surface area contributed by atoms with Crippen LogP contribution in [0, 0.1) is 0 Å². The van der Waals surface area contributed by atoms with E-state index in [1.54, 1.807) is 17.0 Å². The Labute approximate surface area is 186 Å². The van der Waals surface area contributed by atoms with Crippen LogP contribution >= 0.6 is 23.2 Å². The number of nitrogens with zero attached hydrogens (tertiary/aromatic N) is 3. The van der Waals surface area contributed by atoms with Gasteiger partial charge in [-0.3, -0.25) is 0 Å². The first-order chi connectivity index (χ1) is 14.5. The summed E-state index contributed by atoms with van der Waals surface area (Å²) < 4.78 is 5.40. The zero-order valence-corrected chi connectivity index (χ0v) is 18.3. The third kappa shape index (κ3) is 4.96. The number of rotatable bonds is 4. The fourth-order valence-electron chi connectivity index (χ4n) is 3.71. The molecule has 2 N–H and O–H groups in total. The SMILES string of the molecule is CC(NC(=O)N1CCc2cnc(NC3CCOCC3)nc2C1)c1ccc(Cl)c(Cl)c1. The largest absolute Gasteiger partial charge is 0.381 e. The van der Waals surface area contributed by atoms with Crippen molar-refractivity contribution in [3.05, 3.63) is 51.3 Å². The summed E-state index contributed by atoms with van der Waals surface area (Å²) in [4.78, 5) is 23.7. The summed E-state index contributed by atoms with van der Waals surface area (Å²) in [6.07, 6.45) is 4.50. The van der Waals surface area contributed by atoms with Crippen molar-refractivity contribution in [3.8, 4) is 0 Å². The lowest BCUT2D eigenvalue weighted by atomic mass is 10.1. The normalized spacial score (nSPS) is 17.9. The molecule has 9 heteroatoms. The van der Waals surface area contributed by atoms with Gasteiger partial charge in [0.25, 0.3) is 0 Å². The molecule has 0 spiro atoms. The molecule has 0 radical (unpaired) electrons. The van der Waals surface area contributed by atoms with E-state index in [1.807, 2.05) is 19.2 Å². The van der Waals surface area contributed by atoms with Gasteiger partial charge in [0, 0.05) is 32.0 Å². The Hall–Kier alpha value is -2.09. The average Bonchev–Trinajstić information content (AvgIpc) is 2.75. The predicted molar refractivity (Wildman–Crippen MR) is 117 cm³/mol. The van der Waals surface area contributed by atoms with E-state index < -0.39 is 0 Å². The zero-order valence-electron chi connectivity index (χ0n) is 16.8. The number of hydrogen-bond acceptors (Lipinski definition) is 5. The number of fused-ring (bicyclic) bond motifs is 1. The molecule has 0 saturated carbocycles. The number of carbonyl (C=O) groups excluding carboxylic acids is 1. The summed E-state index contributed by atoms with van der Waals surface area (Å²) in [6, 6.07) is 5.39. The fraction of sp³-hybridized carbons (Fsp3) is 0.476. The van der Waals surface area contributed by atoms with Gasteiger partial charge in [-0.15, -0.1) is 0 Å². The third-order valence-electron chi connectivity index (χ3n) is 5.57.